The average Bonchev–Trinajstić information content (AvgIpc) is 3.04. The number of carboxylic acid groups (broad SMARTS) is 1. The van der Waals surface area contributed by atoms with Gasteiger partial charge in [-0.3, -0.25) is 5.32 Å². The van der Waals surface area contributed by atoms with Crippen molar-refractivity contribution in [2.24, 2.45) is 0 Å². The molecule has 1 aromatic rings. The molecule has 1 aliphatic carbocycles. The Labute approximate surface area is 126 Å². The summed E-state index contributed by atoms with van der Waals surface area (Å²) in [5.74, 6) is -0.964. The highest BCUT2D eigenvalue weighted by Crippen LogP contribution is 2.38. The van der Waals surface area contributed by atoms with Gasteiger partial charge in [-0.2, -0.15) is 0 Å². The van der Waals surface area contributed by atoms with Gasteiger partial charge in [0.1, 0.15) is 5.00 Å². The number of urea groups is 1. The van der Waals surface area contributed by atoms with E-state index in [1.165, 1.54) is 11.3 Å². The molecule has 1 fully saturated rings. The van der Waals surface area contributed by atoms with E-state index in [1.54, 1.807) is 0 Å². The van der Waals surface area contributed by atoms with Gasteiger partial charge in [-0.1, -0.05) is 0 Å². The Balaban J connectivity index is 1.76. The third-order valence-corrected chi connectivity index (χ3v) is 5.08. The van der Waals surface area contributed by atoms with Crippen molar-refractivity contribution in [1.29, 1.82) is 0 Å². The van der Waals surface area contributed by atoms with Crippen molar-refractivity contribution < 1.29 is 19.4 Å². The fourth-order valence-electron chi connectivity index (χ4n) is 2.85. The van der Waals surface area contributed by atoms with E-state index >= 15 is 0 Å². The van der Waals surface area contributed by atoms with E-state index in [0.717, 1.165) is 42.5 Å². The summed E-state index contributed by atoms with van der Waals surface area (Å²) in [5, 5.41) is 15.4. The van der Waals surface area contributed by atoms with Crippen LogP contribution in [0.4, 0.5) is 9.80 Å². The summed E-state index contributed by atoms with van der Waals surface area (Å²) < 4.78 is 5.20. The number of carbonyl (C=O) groups excluding carboxylic acids is 1. The van der Waals surface area contributed by atoms with Crippen LogP contribution in [-0.2, 0) is 17.6 Å². The molecule has 3 N–H and O–H groups in total. The number of hydrogen-bond donors (Lipinski definition) is 3. The molecule has 0 aromatic carbocycles. The minimum absolute atomic E-state index is 0.00728. The zero-order chi connectivity index (χ0) is 14.8. The Morgan fingerprint density at radius 1 is 1.29 bits per heavy atom. The second-order valence-corrected chi connectivity index (χ2v) is 6.48. The number of amides is 2. The fourth-order valence-corrected chi connectivity index (χ4v) is 4.13. The average molecular weight is 310 g/mol. The molecular weight excluding hydrogens is 292 g/mol. The van der Waals surface area contributed by atoms with Gasteiger partial charge >= 0.3 is 12.0 Å². The molecule has 0 spiro atoms. The quantitative estimate of drug-likeness (QED) is 0.799. The molecule has 1 unspecified atom stereocenters. The van der Waals surface area contributed by atoms with Crippen LogP contribution in [0.5, 0.6) is 0 Å². The van der Waals surface area contributed by atoms with Crippen LogP contribution in [-0.4, -0.2) is 36.4 Å². The third-order valence-electron chi connectivity index (χ3n) is 3.88. The Morgan fingerprint density at radius 2 is 2.10 bits per heavy atom. The monoisotopic (exact) mass is 310 g/mol. The molecule has 0 bridgehead atoms. The van der Waals surface area contributed by atoms with Gasteiger partial charge in [-0.05, 0) is 37.7 Å². The molecular formula is C14H18N2O4S. The summed E-state index contributed by atoms with van der Waals surface area (Å²) in [6.07, 6.45) is 4.57. The van der Waals surface area contributed by atoms with E-state index in [4.69, 9.17) is 4.74 Å². The second kappa shape index (κ2) is 6.03. The van der Waals surface area contributed by atoms with Crippen molar-refractivity contribution in [3.63, 3.8) is 0 Å². The van der Waals surface area contributed by atoms with E-state index < -0.39 is 5.97 Å². The van der Waals surface area contributed by atoms with E-state index in [9.17, 15) is 14.7 Å². The van der Waals surface area contributed by atoms with Crippen LogP contribution in [0.2, 0.25) is 0 Å². The van der Waals surface area contributed by atoms with Gasteiger partial charge in [0.05, 0.1) is 18.2 Å². The molecule has 3 rings (SSSR count). The molecule has 2 aliphatic rings. The zero-order valence-corrected chi connectivity index (χ0v) is 12.4. The van der Waals surface area contributed by atoms with Crippen LogP contribution in [0, 0.1) is 0 Å². The first kappa shape index (κ1) is 14.3. The Kier molecular flexibility index (Phi) is 4.12. The molecule has 1 aromatic heterocycles. The Hall–Kier alpha value is -1.60. The molecule has 21 heavy (non-hydrogen) atoms. The molecule has 2 heterocycles. The zero-order valence-electron chi connectivity index (χ0n) is 11.6. The maximum Gasteiger partial charge on any atom is 0.339 e. The van der Waals surface area contributed by atoms with Crippen molar-refractivity contribution >= 4 is 28.3 Å². The minimum Gasteiger partial charge on any atom is -0.478 e. The van der Waals surface area contributed by atoms with Crippen LogP contribution in [0.3, 0.4) is 0 Å². The molecule has 0 saturated carbocycles. The first-order valence-electron chi connectivity index (χ1n) is 7.18. The summed E-state index contributed by atoms with van der Waals surface area (Å²) in [4.78, 5) is 24.6. The van der Waals surface area contributed by atoms with Crippen molar-refractivity contribution in [3.8, 4) is 0 Å². The van der Waals surface area contributed by atoms with Crippen molar-refractivity contribution in [2.75, 3.05) is 18.5 Å². The van der Waals surface area contributed by atoms with Crippen LogP contribution in [0.15, 0.2) is 0 Å². The number of thiophene rings is 1. The standard InChI is InChI=1S/C14H18N2O4S/c17-13(18)11-9-3-1-2-4-10(9)21-12(11)16-14(19)15-8-5-6-20-7-8/h8H,1-7H2,(H,17,18)(H2,15,16,19). The Bertz CT molecular complexity index is 564. The van der Waals surface area contributed by atoms with Crippen LogP contribution >= 0.6 is 11.3 Å². The highest BCUT2D eigenvalue weighted by atomic mass is 32.1. The lowest BCUT2D eigenvalue weighted by Gasteiger charge is -2.12. The van der Waals surface area contributed by atoms with Crippen LogP contribution in [0.1, 0.15) is 40.1 Å². The maximum atomic E-state index is 12.0. The number of carbonyl (C=O) groups is 2. The summed E-state index contributed by atoms with van der Waals surface area (Å²) >= 11 is 1.39. The molecule has 1 aliphatic heterocycles. The molecule has 114 valence electrons. The first-order valence-corrected chi connectivity index (χ1v) is 8.00. The van der Waals surface area contributed by atoms with E-state index in [2.05, 4.69) is 10.6 Å². The van der Waals surface area contributed by atoms with Gasteiger partial charge < -0.3 is 15.2 Å². The highest BCUT2D eigenvalue weighted by molar-refractivity contribution is 7.17. The van der Waals surface area contributed by atoms with Gasteiger partial charge in [-0.15, -0.1) is 11.3 Å². The van der Waals surface area contributed by atoms with Crippen molar-refractivity contribution in [2.45, 2.75) is 38.1 Å². The number of carboxylic acids is 1. The molecule has 1 atom stereocenters. The van der Waals surface area contributed by atoms with E-state index in [1.807, 2.05) is 0 Å². The first-order chi connectivity index (χ1) is 10.1. The lowest BCUT2D eigenvalue weighted by atomic mass is 9.95. The summed E-state index contributed by atoms with van der Waals surface area (Å²) in [5.41, 5.74) is 1.17. The van der Waals surface area contributed by atoms with Gasteiger partial charge in [0.25, 0.3) is 0 Å². The van der Waals surface area contributed by atoms with Gasteiger partial charge in [0, 0.05) is 11.5 Å². The largest absolute Gasteiger partial charge is 0.478 e. The molecule has 7 heteroatoms. The van der Waals surface area contributed by atoms with Gasteiger partial charge in [0.15, 0.2) is 0 Å². The van der Waals surface area contributed by atoms with Gasteiger partial charge in [-0.25, -0.2) is 9.59 Å². The third kappa shape index (κ3) is 3.03. The van der Waals surface area contributed by atoms with Crippen molar-refractivity contribution in [3.05, 3.63) is 16.0 Å². The maximum absolute atomic E-state index is 12.0. The number of anilines is 1. The topological polar surface area (TPSA) is 87.7 Å². The second-order valence-electron chi connectivity index (χ2n) is 5.38. The molecule has 0 radical (unpaired) electrons. The summed E-state index contributed by atoms with van der Waals surface area (Å²) in [6.45, 7) is 1.17. The van der Waals surface area contributed by atoms with E-state index in [-0.39, 0.29) is 17.6 Å². The number of aromatic carboxylic acids is 1. The Morgan fingerprint density at radius 3 is 2.81 bits per heavy atom. The fraction of sp³-hybridized carbons (Fsp3) is 0.571. The lowest BCUT2D eigenvalue weighted by Crippen LogP contribution is -2.38. The predicted molar refractivity (Wildman–Crippen MR) is 79.3 cm³/mol. The number of nitrogens with one attached hydrogen (secondary N) is 2. The number of hydrogen-bond acceptors (Lipinski definition) is 4. The SMILES string of the molecule is O=C(Nc1sc2c(c1C(=O)O)CCCC2)NC1CCOC1. The van der Waals surface area contributed by atoms with Crippen molar-refractivity contribution in [1.82, 2.24) is 5.32 Å². The minimum atomic E-state index is -0.964. The number of aryl methyl sites for hydroxylation is 1. The highest BCUT2D eigenvalue weighted by Gasteiger charge is 2.26. The number of ether oxygens (including phenoxy) is 1. The summed E-state index contributed by atoms with van der Waals surface area (Å²) in [6, 6.07) is -0.348. The molecule has 1 saturated heterocycles. The predicted octanol–water partition coefficient (Wildman–Crippen LogP) is 2.24. The normalized spacial score (nSPS) is 20.9. The van der Waals surface area contributed by atoms with Gasteiger partial charge in [0.2, 0.25) is 0 Å². The van der Waals surface area contributed by atoms with Crippen LogP contribution < -0.4 is 10.6 Å². The summed E-state index contributed by atoms with van der Waals surface area (Å²) in [7, 11) is 0. The smallest absolute Gasteiger partial charge is 0.339 e. The van der Waals surface area contributed by atoms with E-state index in [0.29, 0.717) is 18.2 Å². The number of fused-ring (bicyclic) bond motifs is 1. The molecule has 6 nitrogen and oxygen atoms in total. The van der Waals surface area contributed by atoms with Crippen LogP contribution in [0.25, 0.3) is 0 Å². The lowest BCUT2D eigenvalue weighted by molar-refractivity contribution is 0.0697. The molecule has 2 amide bonds. The number of rotatable bonds is 3.